The number of halogens is 1. The SMILES string of the molecule is Cc1ccc2nc(OCc3ccc(C(=O)c4ccc(Cl)cc4)cc3)c(C)c(=O)n2c1. The van der Waals surface area contributed by atoms with Crippen LogP contribution < -0.4 is 10.3 Å². The number of rotatable bonds is 5. The van der Waals surface area contributed by atoms with Crippen molar-refractivity contribution in [1.29, 1.82) is 0 Å². The minimum Gasteiger partial charge on any atom is -0.472 e. The van der Waals surface area contributed by atoms with Crippen LogP contribution in [0.25, 0.3) is 5.65 Å². The second kappa shape index (κ2) is 8.13. The maximum Gasteiger partial charge on any atom is 0.264 e. The molecule has 0 unspecified atom stereocenters. The molecule has 0 aliphatic carbocycles. The van der Waals surface area contributed by atoms with Gasteiger partial charge in [-0.3, -0.25) is 14.0 Å². The van der Waals surface area contributed by atoms with Crippen molar-refractivity contribution in [2.75, 3.05) is 0 Å². The minimum atomic E-state index is -0.150. The molecule has 0 fully saturated rings. The largest absolute Gasteiger partial charge is 0.472 e. The monoisotopic (exact) mass is 418 g/mol. The van der Waals surface area contributed by atoms with Gasteiger partial charge in [0.1, 0.15) is 12.3 Å². The molecule has 0 saturated heterocycles. The fraction of sp³-hybridized carbons (Fsp3) is 0.125. The van der Waals surface area contributed by atoms with Crippen molar-refractivity contribution in [1.82, 2.24) is 9.38 Å². The Morgan fingerprint density at radius 1 is 0.967 bits per heavy atom. The molecule has 0 N–H and O–H groups in total. The Morgan fingerprint density at radius 3 is 2.27 bits per heavy atom. The summed E-state index contributed by atoms with van der Waals surface area (Å²) in [5.74, 6) is 0.236. The van der Waals surface area contributed by atoms with E-state index in [0.29, 0.717) is 33.2 Å². The van der Waals surface area contributed by atoms with Gasteiger partial charge in [0.25, 0.3) is 5.56 Å². The molecule has 0 spiro atoms. The maximum absolute atomic E-state index is 12.6. The first-order valence-corrected chi connectivity index (χ1v) is 9.82. The van der Waals surface area contributed by atoms with Crippen LogP contribution in [0.4, 0.5) is 0 Å². The molecular formula is C24H19ClN2O3. The van der Waals surface area contributed by atoms with Crippen LogP contribution >= 0.6 is 11.6 Å². The zero-order chi connectivity index (χ0) is 21.3. The summed E-state index contributed by atoms with van der Waals surface area (Å²) in [6.07, 6.45) is 1.76. The predicted octanol–water partition coefficient (Wildman–Crippen LogP) is 4.77. The number of hydrogen-bond acceptors (Lipinski definition) is 4. The fourth-order valence-electron chi connectivity index (χ4n) is 3.13. The second-order valence-corrected chi connectivity index (χ2v) is 7.54. The van der Waals surface area contributed by atoms with Crippen molar-refractivity contribution in [3.63, 3.8) is 0 Å². The van der Waals surface area contributed by atoms with Crippen LogP contribution in [-0.4, -0.2) is 15.2 Å². The smallest absolute Gasteiger partial charge is 0.264 e. The molecule has 5 nitrogen and oxygen atoms in total. The maximum atomic E-state index is 12.6. The number of carbonyl (C=O) groups excluding carboxylic acids is 1. The van der Waals surface area contributed by atoms with Crippen molar-refractivity contribution < 1.29 is 9.53 Å². The molecule has 0 atom stereocenters. The number of aromatic nitrogens is 2. The van der Waals surface area contributed by atoms with Crippen molar-refractivity contribution in [3.8, 4) is 5.88 Å². The zero-order valence-electron chi connectivity index (χ0n) is 16.6. The van der Waals surface area contributed by atoms with E-state index in [0.717, 1.165) is 11.1 Å². The highest BCUT2D eigenvalue weighted by molar-refractivity contribution is 6.30. The summed E-state index contributed by atoms with van der Waals surface area (Å²) >= 11 is 5.88. The van der Waals surface area contributed by atoms with Gasteiger partial charge in [-0.1, -0.05) is 41.9 Å². The Bertz CT molecular complexity index is 1290. The number of carbonyl (C=O) groups is 1. The van der Waals surface area contributed by atoms with Crippen LogP contribution in [0.3, 0.4) is 0 Å². The number of pyridine rings is 1. The summed E-state index contributed by atoms with van der Waals surface area (Å²) in [5.41, 5.74) is 3.84. The van der Waals surface area contributed by atoms with E-state index in [1.807, 2.05) is 25.1 Å². The Labute approximate surface area is 178 Å². The molecule has 0 aliphatic rings. The van der Waals surface area contributed by atoms with Gasteiger partial charge in [-0.25, -0.2) is 0 Å². The van der Waals surface area contributed by atoms with Crippen LogP contribution in [0.15, 0.2) is 71.7 Å². The first-order valence-electron chi connectivity index (χ1n) is 9.44. The summed E-state index contributed by atoms with van der Waals surface area (Å²) in [6.45, 7) is 3.87. The van der Waals surface area contributed by atoms with E-state index in [4.69, 9.17) is 16.3 Å². The first kappa shape index (κ1) is 19.9. The van der Waals surface area contributed by atoms with Gasteiger partial charge in [-0.05, 0) is 55.3 Å². The molecule has 4 rings (SSSR count). The Kier molecular flexibility index (Phi) is 5.38. The summed E-state index contributed by atoms with van der Waals surface area (Å²) in [4.78, 5) is 29.6. The van der Waals surface area contributed by atoms with E-state index < -0.39 is 0 Å². The minimum absolute atomic E-state index is 0.0745. The van der Waals surface area contributed by atoms with Crippen molar-refractivity contribution in [2.45, 2.75) is 20.5 Å². The van der Waals surface area contributed by atoms with Crippen LogP contribution in [-0.2, 0) is 6.61 Å². The lowest BCUT2D eigenvalue weighted by molar-refractivity contribution is 0.103. The van der Waals surface area contributed by atoms with Crippen molar-refractivity contribution >= 4 is 23.0 Å². The summed E-state index contributed by atoms with van der Waals surface area (Å²) in [6, 6.07) is 17.7. The third-order valence-electron chi connectivity index (χ3n) is 4.85. The predicted molar refractivity (Wildman–Crippen MR) is 117 cm³/mol. The highest BCUT2D eigenvalue weighted by atomic mass is 35.5. The second-order valence-electron chi connectivity index (χ2n) is 7.10. The number of hydrogen-bond donors (Lipinski definition) is 0. The Morgan fingerprint density at radius 2 is 1.60 bits per heavy atom. The molecule has 0 amide bonds. The van der Waals surface area contributed by atoms with Gasteiger partial charge < -0.3 is 4.74 Å². The van der Waals surface area contributed by atoms with Crippen LogP contribution in [0, 0.1) is 13.8 Å². The third-order valence-corrected chi connectivity index (χ3v) is 5.10. The summed E-state index contributed by atoms with van der Waals surface area (Å²) in [5, 5.41) is 0.589. The molecule has 2 aromatic heterocycles. The van der Waals surface area contributed by atoms with E-state index in [1.165, 1.54) is 4.40 Å². The zero-order valence-corrected chi connectivity index (χ0v) is 17.3. The highest BCUT2D eigenvalue weighted by Gasteiger charge is 2.12. The van der Waals surface area contributed by atoms with E-state index in [2.05, 4.69) is 4.98 Å². The Balaban J connectivity index is 1.51. The van der Waals surface area contributed by atoms with E-state index >= 15 is 0 Å². The molecule has 0 aliphatic heterocycles. The van der Waals surface area contributed by atoms with Crippen LogP contribution in [0.5, 0.6) is 5.88 Å². The number of benzene rings is 2. The number of ether oxygens (including phenoxy) is 1. The van der Waals surface area contributed by atoms with E-state index in [-0.39, 0.29) is 17.9 Å². The molecule has 30 heavy (non-hydrogen) atoms. The lowest BCUT2D eigenvalue weighted by Crippen LogP contribution is -2.19. The number of nitrogens with zero attached hydrogens (tertiary/aromatic N) is 2. The molecule has 0 saturated carbocycles. The van der Waals surface area contributed by atoms with Gasteiger partial charge in [-0.2, -0.15) is 4.98 Å². The van der Waals surface area contributed by atoms with Crippen LogP contribution in [0.1, 0.15) is 32.6 Å². The lowest BCUT2D eigenvalue weighted by atomic mass is 10.0. The lowest BCUT2D eigenvalue weighted by Gasteiger charge is -2.10. The van der Waals surface area contributed by atoms with Crippen molar-refractivity contribution in [2.24, 2.45) is 0 Å². The number of aryl methyl sites for hydroxylation is 1. The van der Waals surface area contributed by atoms with Gasteiger partial charge >= 0.3 is 0 Å². The first-order chi connectivity index (χ1) is 14.4. The van der Waals surface area contributed by atoms with Crippen molar-refractivity contribution in [3.05, 3.63) is 110 Å². The van der Waals surface area contributed by atoms with Gasteiger partial charge in [0.2, 0.25) is 5.88 Å². The van der Waals surface area contributed by atoms with Gasteiger partial charge in [0.05, 0.1) is 5.56 Å². The van der Waals surface area contributed by atoms with E-state index in [9.17, 15) is 9.59 Å². The number of ketones is 1. The normalized spacial score (nSPS) is 10.9. The molecule has 2 heterocycles. The third kappa shape index (κ3) is 3.98. The summed E-state index contributed by atoms with van der Waals surface area (Å²) in [7, 11) is 0. The topological polar surface area (TPSA) is 60.7 Å². The van der Waals surface area contributed by atoms with Gasteiger partial charge in [-0.15, -0.1) is 0 Å². The average molecular weight is 419 g/mol. The molecule has 4 aromatic rings. The molecule has 6 heteroatoms. The quantitative estimate of drug-likeness (QED) is 0.438. The van der Waals surface area contributed by atoms with Crippen LogP contribution in [0.2, 0.25) is 5.02 Å². The van der Waals surface area contributed by atoms with Gasteiger partial charge in [0, 0.05) is 22.3 Å². The molecule has 0 radical (unpaired) electrons. The number of fused-ring (bicyclic) bond motifs is 1. The molecular weight excluding hydrogens is 400 g/mol. The molecule has 2 aromatic carbocycles. The standard InChI is InChI=1S/C24H19ClN2O3/c1-15-3-12-21-26-23(16(2)24(29)27(21)13-15)30-14-17-4-6-18(7-5-17)22(28)19-8-10-20(25)11-9-19/h3-13H,14H2,1-2H3. The summed E-state index contributed by atoms with van der Waals surface area (Å²) < 4.78 is 7.34. The van der Waals surface area contributed by atoms with Gasteiger partial charge in [0.15, 0.2) is 5.78 Å². The highest BCUT2D eigenvalue weighted by Crippen LogP contribution is 2.17. The molecule has 0 bridgehead atoms. The molecule has 150 valence electrons. The Hall–Kier alpha value is -3.44. The van der Waals surface area contributed by atoms with E-state index in [1.54, 1.807) is 55.6 Å². The fourth-order valence-corrected chi connectivity index (χ4v) is 3.25. The average Bonchev–Trinajstić information content (AvgIpc) is 2.76.